The van der Waals surface area contributed by atoms with Gasteiger partial charge in [-0.05, 0) is 29.3 Å². The largest absolute Gasteiger partial charge is 0.241 e. The molecule has 0 spiro atoms. The summed E-state index contributed by atoms with van der Waals surface area (Å²) in [7, 11) is -8.02. The van der Waals surface area contributed by atoms with Gasteiger partial charge >= 0.3 is 0 Å². The van der Waals surface area contributed by atoms with Gasteiger partial charge in [-0.25, -0.2) is 22.0 Å². The third-order valence-electron chi connectivity index (χ3n) is 3.98. The molecule has 0 aromatic heterocycles. The van der Waals surface area contributed by atoms with Crippen LogP contribution in [0.5, 0.6) is 0 Å². The topological polar surface area (TPSA) is 106 Å². The summed E-state index contributed by atoms with van der Waals surface area (Å²) < 4.78 is 51.6. The van der Waals surface area contributed by atoms with E-state index in [4.69, 9.17) is 5.14 Å². The molecule has 0 fully saturated rings. The van der Waals surface area contributed by atoms with Gasteiger partial charge in [0.25, 0.3) is 0 Å². The first-order valence-corrected chi connectivity index (χ1v) is 11.1. The van der Waals surface area contributed by atoms with Crippen LogP contribution in [0, 0.1) is 0 Å². The minimum atomic E-state index is -4.01. The van der Waals surface area contributed by atoms with Crippen molar-refractivity contribution in [2.75, 3.05) is 0 Å². The number of nitrogens with two attached hydrogens (primary N) is 1. The predicted octanol–water partition coefficient (Wildman–Crippen LogP) is 2.40. The van der Waals surface area contributed by atoms with Crippen LogP contribution in [0.15, 0.2) is 94.7 Å². The zero-order valence-corrected chi connectivity index (χ0v) is 15.8. The summed E-state index contributed by atoms with van der Waals surface area (Å²) in [6, 6.07) is 22.6. The zero-order chi connectivity index (χ0) is 19.5. The highest BCUT2D eigenvalue weighted by molar-refractivity contribution is 7.90. The molecule has 0 aliphatic heterocycles. The highest BCUT2D eigenvalue weighted by Crippen LogP contribution is 2.25. The Labute approximate surface area is 158 Å². The minimum absolute atomic E-state index is 0.175. The van der Waals surface area contributed by atoms with Crippen LogP contribution >= 0.6 is 0 Å². The standard InChI is InChI=1S/C19H18N2O4S2/c20-26(22,23)17-12-7-13-18(14-17)27(24,25)21-19(15-8-3-1-4-9-15)16-10-5-2-6-11-16/h1-14,19,21H,(H2,20,22,23). The normalized spacial score (nSPS) is 12.2. The van der Waals surface area contributed by atoms with Gasteiger partial charge < -0.3 is 0 Å². The van der Waals surface area contributed by atoms with Crippen molar-refractivity contribution in [3.05, 3.63) is 96.1 Å². The van der Waals surface area contributed by atoms with Gasteiger partial charge in [0.1, 0.15) is 0 Å². The quantitative estimate of drug-likeness (QED) is 0.660. The maximum absolute atomic E-state index is 12.9. The van der Waals surface area contributed by atoms with E-state index in [0.717, 1.165) is 17.2 Å². The maximum atomic E-state index is 12.9. The van der Waals surface area contributed by atoms with Gasteiger partial charge in [-0.2, -0.15) is 4.72 Å². The molecule has 140 valence electrons. The third-order valence-corrected chi connectivity index (χ3v) is 6.31. The number of hydrogen-bond acceptors (Lipinski definition) is 4. The van der Waals surface area contributed by atoms with Crippen molar-refractivity contribution >= 4 is 20.0 Å². The molecule has 8 heteroatoms. The molecule has 0 saturated carbocycles. The lowest BCUT2D eigenvalue weighted by Gasteiger charge is -2.20. The van der Waals surface area contributed by atoms with Crippen molar-refractivity contribution < 1.29 is 16.8 Å². The van der Waals surface area contributed by atoms with E-state index in [0.29, 0.717) is 0 Å². The Balaban J connectivity index is 2.03. The van der Waals surface area contributed by atoms with Crippen molar-refractivity contribution in [1.29, 1.82) is 0 Å². The maximum Gasteiger partial charge on any atom is 0.241 e. The van der Waals surface area contributed by atoms with E-state index in [1.807, 2.05) is 60.7 Å². The number of sulfonamides is 2. The Morgan fingerprint density at radius 2 is 1.15 bits per heavy atom. The molecule has 3 aromatic rings. The van der Waals surface area contributed by atoms with E-state index < -0.39 is 26.1 Å². The molecule has 0 aliphatic rings. The number of rotatable bonds is 6. The van der Waals surface area contributed by atoms with Crippen LogP contribution in [0.3, 0.4) is 0 Å². The lowest BCUT2D eigenvalue weighted by Crippen LogP contribution is -2.29. The number of nitrogens with one attached hydrogen (secondary N) is 1. The summed E-state index contributed by atoms with van der Waals surface area (Å²) in [6.45, 7) is 0. The fourth-order valence-electron chi connectivity index (χ4n) is 2.66. The molecule has 0 aliphatic carbocycles. The Morgan fingerprint density at radius 1 is 0.667 bits per heavy atom. The van der Waals surface area contributed by atoms with E-state index in [9.17, 15) is 16.8 Å². The molecule has 0 radical (unpaired) electrons. The van der Waals surface area contributed by atoms with Gasteiger partial charge in [-0.3, -0.25) is 0 Å². The summed E-state index contributed by atoms with van der Waals surface area (Å²) in [5.41, 5.74) is 1.52. The molecule has 0 amide bonds. The summed E-state index contributed by atoms with van der Waals surface area (Å²) >= 11 is 0. The number of benzene rings is 3. The molecule has 0 heterocycles. The lowest BCUT2D eigenvalue weighted by atomic mass is 10.00. The first-order chi connectivity index (χ1) is 12.8. The molecule has 0 atom stereocenters. The van der Waals surface area contributed by atoms with Crippen LogP contribution in [0.2, 0.25) is 0 Å². The average molecular weight is 402 g/mol. The predicted molar refractivity (Wildman–Crippen MR) is 103 cm³/mol. The molecule has 27 heavy (non-hydrogen) atoms. The van der Waals surface area contributed by atoms with E-state index >= 15 is 0 Å². The smallest absolute Gasteiger partial charge is 0.225 e. The van der Waals surface area contributed by atoms with Gasteiger partial charge in [-0.1, -0.05) is 66.7 Å². The van der Waals surface area contributed by atoms with E-state index in [2.05, 4.69) is 4.72 Å². The molecule has 0 unspecified atom stereocenters. The van der Waals surface area contributed by atoms with Crippen molar-refractivity contribution in [1.82, 2.24) is 4.72 Å². The van der Waals surface area contributed by atoms with Crippen molar-refractivity contribution in [2.24, 2.45) is 5.14 Å². The van der Waals surface area contributed by atoms with Crippen LogP contribution in [-0.4, -0.2) is 16.8 Å². The molecular weight excluding hydrogens is 384 g/mol. The molecule has 0 saturated heterocycles. The average Bonchev–Trinajstić information content (AvgIpc) is 2.67. The first-order valence-electron chi connectivity index (χ1n) is 8.02. The van der Waals surface area contributed by atoms with Crippen molar-refractivity contribution in [3.8, 4) is 0 Å². The fourth-order valence-corrected chi connectivity index (χ4v) is 4.55. The number of hydrogen-bond donors (Lipinski definition) is 2. The Kier molecular flexibility index (Phi) is 5.43. The second-order valence-corrected chi connectivity index (χ2v) is 9.17. The van der Waals surface area contributed by atoms with Crippen LogP contribution in [-0.2, 0) is 20.0 Å². The molecule has 6 nitrogen and oxygen atoms in total. The molecule has 3 rings (SSSR count). The third kappa shape index (κ3) is 4.61. The lowest BCUT2D eigenvalue weighted by molar-refractivity contribution is 0.572. The second kappa shape index (κ2) is 7.61. The summed E-state index contributed by atoms with van der Waals surface area (Å²) in [5.74, 6) is 0. The monoisotopic (exact) mass is 402 g/mol. The second-order valence-electron chi connectivity index (χ2n) is 5.90. The molecular formula is C19H18N2O4S2. The summed E-state index contributed by atoms with van der Waals surface area (Å²) in [6.07, 6.45) is 0. The van der Waals surface area contributed by atoms with Crippen LogP contribution in [0.4, 0.5) is 0 Å². The van der Waals surface area contributed by atoms with Crippen molar-refractivity contribution in [3.63, 3.8) is 0 Å². The SMILES string of the molecule is NS(=O)(=O)c1cccc(S(=O)(=O)NC(c2ccccc2)c2ccccc2)c1. The van der Waals surface area contributed by atoms with Gasteiger partial charge in [-0.15, -0.1) is 0 Å². The van der Waals surface area contributed by atoms with E-state index in [-0.39, 0.29) is 9.79 Å². The molecule has 3 aromatic carbocycles. The molecule has 0 bridgehead atoms. The van der Waals surface area contributed by atoms with Gasteiger partial charge in [0.2, 0.25) is 20.0 Å². The summed E-state index contributed by atoms with van der Waals surface area (Å²) in [4.78, 5) is -0.438. The molecule has 3 N–H and O–H groups in total. The highest BCUT2D eigenvalue weighted by Gasteiger charge is 2.24. The van der Waals surface area contributed by atoms with E-state index in [1.54, 1.807) is 0 Å². The van der Waals surface area contributed by atoms with Gasteiger partial charge in [0.05, 0.1) is 15.8 Å². The number of primary sulfonamides is 1. The fraction of sp³-hybridized carbons (Fsp3) is 0.0526. The highest BCUT2D eigenvalue weighted by atomic mass is 32.2. The summed E-state index contributed by atoms with van der Waals surface area (Å²) in [5, 5.41) is 5.11. The first kappa shape index (κ1) is 19.2. The Hall–Kier alpha value is -2.52. The van der Waals surface area contributed by atoms with E-state index in [1.165, 1.54) is 18.2 Å². The van der Waals surface area contributed by atoms with Crippen LogP contribution in [0.1, 0.15) is 17.2 Å². The van der Waals surface area contributed by atoms with Crippen LogP contribution < -0.4 is 9.86 Å². The van der Waals surface area contributed by atoms with Crippen molar-refractivity contribution in [2.45, 2.75) is 15.8 Å². The van der Waals surface area contributed by atoms with Gasteiger partial charge in [0.15, 0.2) is 0 Å². The van der Waals surface area contributed by atoms with Gasteiger partial charge in [0, 0.05) is 0 Å². The Morgan fingerprint density at radius 3 is 1.63 bits per heavy atom. The zero-order valence-electron chi connectivity index (χ0n) is 14.2. The van der Waals surface area contributed by atoms with Crippen LogP contribution in [0.25, 0.3) is 0 Å². The minimum Gasteiger partial charge on any atom is -0.225 e. The Bertz CT molecular complexity index is 1090.